The number of anilines is 1. The number of Topliss-reactive ketones (excluding diaryl/α,β-unsaturated/α-hetero) is 1. The van der Waals surface area contributed by atoms with Crippen molar-refractivity contribution in [1.29, 1.82) is 0 Å². The normalized spacial score (nSPS) is 14.5. The zero-order valence-electron chi connectivity index (χ0n) is 12.8. The van der Waals surface area contributed by atoms with E-state index in [0.717, 1.165) is 18.4 Å². The summed E-state index contributed by atoms with van der Waals surface area (Å²) in [5, 5.41) is 0.372. The molecule has 4 nitrogen and oxygen atoms in total. The average Bonchev–Trinajstić information content (AvgIpc) is 3.35. The van der Waals surface area contributed by atoms with Gasteiger partial charge in [-0.15, -0.1) is 0 Å². The van der Waals surface area contributed by atoms with Crippen molar-refractivity contribution >= 4 is 49.0 Å². The minimum atomic E-state index is -3.79. The second kappa shape index (κ2) is 6.50. The van der Waals surface area contributed by atoms with Gasteiger partial charge in [-0.1, -0.05) is 29.3 Å². The molecule has 2 aromatic carbocycles. The first kappa shape index (κ1) is 17.5. The number of benzene rings is 2. The maximum atomic E-state index is 12.6. The first-order valence-electron chi connectivity index (χ1n) is 7.40. The molecule has 126 valence electrons. The lowest BCUT2D eigenvalue weighted by Gasteiger charge is -2.13. The number of halogens is 2. The van der Waals surface area contributed by atoms with Crippen LogP contribution in [0.3, 0.4) is 0 Å². The van der Waals surface area contributed by atoms with Crippen molar-refractivity contribution in [2.24, 2.45) is 5.92 Å². The summed E-state index contributed by atoms with van der Waals surface area (Å²) >= 11 is 9.36. The zero-order chi connectivity index (χ0) is 17.5. The largest absolute Gasteiger partial charge is 0.294 e. The minimum absolute atomic E-state index is 0.0372. The number of rotatable bonds is 5. The SMILES string of the molecule is Cc1ccc(S(=O)(=O)Nc2cc(Br)c(Cl)cc2C(=O)C2CC2)cc1. The van der Waals surface area contributed by atoms with Gasteiger partial charge in [-0.25, -0.2) is 8.42 Å². The van der Waals surface area contributed by atoms with E-state index >= 15 is 0 Å². The lowest BCUT2D eigenvalue weighted by Crippen LogP contribution is -2.16. The first-order chi connectivity index (χ1) is 11.3. The van der Waals surface area contributed by atoms with E-state index in [1.54, 1.807) is 12.1 Å². The summed E-state index contributed by atoms with van der Waals surface area (Å²) in [6, 6.07) is 9.56. The maximum absolute atomic E-state index is 12.6. The van der Waals surface area contributed by atoms with Gasteiger partial charge in [0, 0.05) is 16.0 Å². The summed E-state index contributed by atoms with van der Waals surface area (Å²) in [6.45, 7) is 1.88. The number of carbonyl (C=O) groups excluding carboxylic acids is 1. The number of carbonyl (C=O) groups is 1. The van der Waals surface area contributed by atoms with E-state index in [0.29, 0.717) is 15.1 Å². The molecule has 1 saturated carbocycles. The maximum Gasteiger partial charge on any atom is 0.261 e. The fourth-order valence-electron chi connectivity index (χ4n) is 2.32. The Morgan fingerprint density at radius 2 is 1.83 bits per heavy atom. The van der Waals surface area contributed by atoms with Crippen LogP contribution in [-0.4, -0.2) is 14.2 Å². The molecule has 1 aliphatic rings. The summed E-state index contributed by atoms with van der Waals surface area (Å²) in [7, 11) is -3.79. The molecule has 0 heterocycles. The topological polar surface area (TPSA) is 63.2 Å². The Hall–Kier alpha value is -1.37. The quantitative estimate of drug-likeness (QED) is 0.695. The van der Waals surface area contributed by atoms with E-state index in [1.165, 1.54) is 24.3 Å². The van der Waals surface area contributed by atoms with Crippen molar-refractivity contribution in [3.05, 3.63) is 57.0 Å². The van der Waals surface area contributed by atoms with Crippen molar-refractivity contribution < 1.29 is 13.2 Å². The highest BCUT2D eigenvalue weighted by Gasteiger charge is 2.33. The second-order valence-electron chi connectivity index (χ2n) is 5.87. The van der Waals surface area contributed by atoms with Gasteiger partial charge in [0.2, 0.25) is 0 Å². The lowest BCUT2D eigenvalue weighted by molar-refractivity contribution is 0.0968. The third-order valence-corrected chi connectivity index (χ3v) is 6.43. The van der Waals surface area contributed by atoms with Gasteiger partial charge in [0.1, 0.15) is 0 Å². The molecular formula is C17H15BrClNO3S. The van der Waals surface area contributed by atoms with Crippen molar-refractivity contribution in [2.45, 2.75) is 24.7 Å². The first-order valence-corrected chi connectivity index (χ1v) is 10.1. The number of hydrogen-bond donors (Lipinski definition) is 1. The van der Waals surface area contributed by atoms with Crippen molar-refractivity contribution in [1.82, 2.24) is 0 Å². The molecule has 0 atom stereocenters. The van der Waals surface area contributed by atoms with E-state index in [-0.39, 0.29) is 22.3 Å². The zero-order valence-corrected chi connectivity index (χ0v) is 16.0. The van der Waals surface area contributed by atoms with Gasteiger partial charge in [-0.2, -0.15) is 0 Å². The van der Waals surface area contributed by atoms with Crippen LogP contribution in [0.2, 0.25) is 5.02 Å². The Balaban J connectivity index is 2.00. The Kier molecular flexibility index (Phi) is 4.73. The average molecular weight is 429 g/mol. The molecule has 24 heavy (non-hydrogen) atoms. The standard InChI is InChI=1S/C17H15BrClNO3S/c1-10-2-6-12(7-3-10)24(22,23)20-16-9-14(18)15(19)8-13(16)17(21)11-4-5-11/h2-3,6-9,11,20H,4-5H2,1H3. The van der Waals surface area contributed by atoms with Crippen molar-refractivity contribution in [2.75, 3.05) is 4.72 Å². The molecule has 0 spiro atoms. The van der Waals surface area contributed by atoms with Gasteiger partial charge in [0.05, 0.1) is 15.6 Å². The Morgan fingerprint density at radius 3 is 2.42 bits per heavy atom. The van der Waals surface area contributed by atoms with Crippen LogP contribution in [0, 0.1) is 12.8 Å². The van der Waals surface area contributed by atoms with E-state index in [1.807, 2.05) is 6.92 Å². The predicted molar refractivity (Wildman–Crippen MR) is 98.2 cm³/mol. The molecular weight excluding hydrogens is 414 g/mol. The van der Waals surface area contributed by atoms with Gasteiger partial charge < -0.3 is 0 Å². The highest BCUT2D eigenvalue weighted by atomic mass is 79.9. The molecule has 0 aromatic heterocycles. The second-order valence-corrected chi connectivity index (χ2v) is 8.81. The smallest absolute Gasteiger partial charge is 0.261 e. The Morgan fingerprint density at radius 1 is 1.21 bits per heavy atom. The van der Waals surface area contributed by atoms with Crippen LogP contribution in [-0.2, 0) is 10.0 Å². The van der Waals surface area contributed by atoms with Crippen molar-refractivity contribution in [3.8, 4) is 0 Å². The third kappa shape index (κ3) is 3.66. The highest BCUT2D eigenvalue weighted by Crippen LogP contribution is 2.38. The van der Waals surface area contributed by atoms with E-state index < -0.39 is 10.0 Å². The monoisotopic (exact) mass is 427 g/mol. The molecule has 1 aliphatic carbocycles. The predicted octanol–water partition coefficient (Wildman–Crippen LogP) is 4.80. The molecule has 0 saturated heterocycles. The van der Waals surface area contributed by atoms with Crippen LogP contribution >= 0.6 is 27.5 Å². The molecule has 0 bridgehead atoms. The molecule has 3 rings (SSSR count). The van der Waals surface area contributed by atoms with E-state index in [9.17, 15) is 13.2 Å². The van der Waals surface area contributed by atoms with Crippen molar-refractivity contribution in [3.63, 3.8) is 0 Å². The van der Waals surface area contributed by atoms with Gasteiger partial charge >= 0.3 is 0 Å². The fourth-order valence-corrected chi connectivity index (χ4v) is 3.90. The van der Waals surface area contributed by atoms with Gasteiger partial charge in [-0.3, -0.25) is 9.52 Å². The molecule has 0 aliphatic heterocycles. The van der Waals surface area contributed by atoms with Crippen LogP contribution in [0.5, 0.6) is 0 Å². The summed E-state index contributed by atoms with van der Waals surface area (Å²) in [5.41, 5.74) is 1.51. The Labute approximate surface area is 154 Å². The van der Waals surface area contributed by atoms with Gasteiger partial charge in [-0.05, 0) is 60.0 Å². The number of aryl methyl sites for hydroxylation is 1. The lowest BCUT2D eigenvalue weighted by atomic mass is 10.1. The third-order valence-electron chi connectivity index (χ3n) is 3.85. The molecule has 1 N–H and O–H groups in total. The van der Waals surface area contributed by atoms with Crippen LogP contribution in [0.15, 0.2) is 45.8 Å². The number of hydrogen-bond acceptors (Lipinski definition) is 3. The van der Waals surface area contributed by atoms with Crippen LogP contribution in [0.4, 0.5) is 5.69 Å². The number of sulfonamides is 1. The molecule has 1 fully saturated rings. The summed E-state index contributed by atoms with van der Waals surface area (Å²) in [5.74, 6) is -0.115. The molecule has 0 unspecified atom stereocenters. The molecule has 0 amide bonds. The van der Waals surface area contributed by atoms with E-state index in [2.05, 4.69) is 20.7 Å². The number of nitrogens with one attached hydrogen (secondary N) is 1. The number of ketones is 1. The summed E-state index contributed by atoms with van der Waals surface area (Å²) < 4.78 is 28.2. The summed E-state index contributed by atoms with van der Waals surface area (Å²) in [4.78, 5) is 12.6. The van der Waals surface area contributed by atoms with E-state index in [4.69, 9.17) is 11.6 Å². The molecule has 0 radical (unpaired) electrons. The fraction of sp³-hybridized carbons (Fsp3) is 0.235. The molecule has 7 heteroatoms. The van der Waals surface area contributed by atoms with Gasteiger partial charge in [0.25, 0.3) is 10.0 Å². The Bertz CT molecular complexity index is 906. The van der Waals surface area contributed by atoms with Crippen LogP contribution in [0.25, 0.3) is 0 Å². The molecule has 2 aromatic rings. The highest BCUT2D eigenvalue weighted by molar-refractivity contribution is 9.10. The van der Waals surface area contributed by atoms with Crippen LogP contribution in [0.1, 0.15) is 28.8 Å². The summed E-state index contributed by atoms with van der Waals surface area (Å²) in [6.07, 6.45) is 1.66. The minimum Gasteiger partial charge on any atom is -0.294 e. The van der Waals surface area contributed by atoms with Gasteiger partial charge in [0.15, 0.2) is 5.78 Å². The van der Waals surface area contributed by atoms with Crippen LogP contribution < -0.4 is 4.72 Å².